The maximum atomic E-state index is 12.4. The predicted molar refractivity (Wildman–Crippen MR) is 78.9 cm³/mol. The topological polar surface area (TPSA) is 79.0 Å². The summed E-state index contributed by atoms with van der Waals surface area (Å²) < 4.78 is 26.7. The molecule has 1 N–H and O–H groups in total. The lowest BCUT2D eigenvalue weighted by Crippen LogP contribution is -2.27. The highest BCUT2D eigenvalue weighted by Gasteiger charge is 2.24. The molecule has 20 heavy (non-hydrogen) atoms. The van der Waals surface area contributed by atoms with Gasteiger partial charge in [-0.25, -0.2) is 13.4 Å². The Kier molecular flexibility index (Phi) is 4.48. The number of aromatic amines is 1. The molecular weight excluding hydrogens is 368 g/mol. The van der Waals surface area contributed by atoms with Crippen LogP contribution < -0.4 is 0 Å². The van der Waals surface area contributed by atoms with E-state index < -0.39 is 10.0 Å². The molecule has 1 aromatic carbocycles. The zero-order valence-corrected chi connectivity index (χ0v) is 13.9. The van der Waals surface area contributed by atoms with Gasteiger partial charge >= 0.3 is 0 Å². The van der Waals surface area contributed by atoms with Gasteiger partial charge < -0.3 is 0 Å². The lowest BCUT2D eigenvalue weighted by Gasteiger charge is -2.16. The van der Waals surface area contributed by atoms with Crippen molar-refractivity contribution in [2.45, 2.75) is 18.4 Å². The van der Waals surface area contributed by atoms with E-state index in [2.05, 4.69) is 31.1 Å². The van der Waals surface area contributed by atoms with E-state index in [0.717, 1.165) is 4.31 Å². The molecule has 0 fully saturated rings. The van der Waals surface area contributed by atoms with Crippen LogP contribution >= 0.6 is 27.5 Å². The lowest BCUT2D eigenvalue weighted by atomic mass is 10.4. The highest BCUT2D eigenvalue weighted by molar-refractivity contribution is 9.10. The molecule has 0 unspecified atom stereocenters. The van der Waals surface area contributed by atoms with E-state index in [9.17, 15) is 8.42 Å². The van der Waals surface area contributed by atoms with E-state index in [-0.39, 0.29) is 16.5 Å². The molecule has 1 heterocycles. The van der Waals surface area contributed by atoms with Gasteiger partial charge in [0.2, 0.25) is 10.0 Å². The van der Waals surface area contributed by atoms with Gasteiger partial charge in [-0.3, -0.25) is 5.10 Å². The molecule has 0 aliphatic rings. The second-order valence-corrected chi connectivity index (χ2v) is 7.51. The largest absolute Gasteiger partial charge is 0.263 e. The molecule has 0 spiro atoms. The van der Waals surface area contributed by atoms with E-state index in [4.69, 9.17) is 11.6 Å². The first-order valence-corrected chi connectivity index (χ1v) is 8.21. The minimum absolute atomic E-state index is 0.0529. The van der Waals surface area contributed by atoms with Crippen LogP contribution in [0.2, 0.25) is 5.02 Å². The molecule has 1 aromatic heterocycles. The molecule has 0 aliphatic heterocycles. The summed E-state index contributed by atoms with van der Waals surface area (Å²) in [5.74, 6) is 1.04. The molecule has 0 aliphatic carbocycles. The SMILES string of the molecule is Cc1nc(CN(C)S(=O)(=O)c2ccc(Br)cc2Cl)n[nH]1. The van der Waals surface area contributed by atoms with Crippen molar-refractivity contribution < 1.29 is 8.42 Å². The van der Waals surface area contributed by atoms with Crippen LogP contribution in [0.4, 0.5) is 0 Å². The summed E-state index contributed by atoms with van der Waals surface area (Å²) in [5.41, 5.74) is 0. The Labute approximate surface area is 130 Å². The normalized spacial score (nSPS) is 12.1. The number of aromatic nitrogens is 3. The van der Waals surface area contributed by atoms with Crippen LogP contribution in [0, 0.1) is 6.92 Å². The number of nitrogens with zero attached hydrogens (tertiary/aromatic N) is 3. The van der Waals surface area contributed by atoms with Crippen LogP contribution in [0.1, 0.15) is 11.6 Å². The van der Waals surface area contributed by atoms with Crippen LogP contribution in [0.15, 0.2) is 27.6 Å². The van der Waals surface area contributed by atoms with Gasteiger partial charge in [-0.1, -0.05) is 27.5 Å². The number of aryl methyl sites for hydroxylation is 1. The summed E-state index contributed by atoms with van der Waals surface area (Å²) in [4.78, 5) is 4.13. The molecule has 6 nitrogen and oxygen atoms in total. The number of sulfonamides is 1. The number of halogens is 2. The van der Waals surface area contributed by atoms with E-state index in [1.165, 1.54) is 13.1 Å². The highest BCUT2D eigenvalue weighted by Crippen LogP contribution is 2.27. The zero-order valence-electron chi connectivity index (χ0n) is 10.8. The number of hydrogen-bond donors (Lipinski definition) is 1. The van der Waals surface area contributed by atoms with Crippen molar-refractivity contribution in [2.24, 2.45) is 0 Å². The maximum absolute atomic E-state index is 12.4. The average molecular weight is 380 g/mol. The van der Waals surface area contributed by atoms with Gasteiger partial charge in [0.15, 0.2) is 5.82 Å². The van der Waals surface area contributed by atoms with Crippen LogP contribution in [-0.4, -0.2) is 35.0 Å². The van der Waals surface area contributed by atoms with Crippen molar-refractivity contribution in [2.75, 3.05) is 7.05 Å². The highest BCUT2D eigenvalue weighted by atomic mass is 79.9. The Morgan fingerprint density at radius 3 is 2.70 bits per heavy atom. The molecule has 108 valence electrons. The molecule has 0 atom stereocenters. The van der Waals surface area contributed by atoms with Crippen molar-refractivity contribution >= 4 is 37.6 Å². The van der Waals surface area contributed by atoms with Gasteiger partial charge in [-0.05, 0) is 25.1 Å². The van der Waals surface area contributed by atoms with Crippen molar-refractivity contribution in [3.8, 4) is 0 Å². The molecule has 2 rings (SSSR count). The summed E-state index contributed by atoms with van der Waals surface area (Å²) in [5, 5.41) is 6.75. The molecular formula is C11H12BrClN4O2S. The minimum atomic E-state index is -3.69. The first kappa shape index (κ1) is 15.4. The van der Waals surface area contributed by atoms with Gasteiger partial charge in [0.05, 0.1) is 11.6 Å². The fourth-order valence-electron chi connectivity index (χ4n) is 1.60. The van der Waals surface area contributed by atoms with Gasteiger partial charge in [-0.2, -0.15) is 9.40 Å². The number of rotatable bonds is 4. The Morgan fingerprint density at radius 1 is 1.45 bits per heavy atom. The minimum Gasteiger partial charge on any atom is -0.263 e. The first-order chi connectivity index (χ1) is 9.30. The Morgan fingerprint density at radius 2 is 2.15 bits per heavy atom. The summed E-state index contributed by atoms with van der Waals surface area (Å²) >= 11 is 9.23. The van der Waals surface area contributed by atoms with Crippen molar-refractivity contribution in [3.05, 3.63) is 39.3 Å². The Balaban J connectivity index is 2.29. The number of hydrogen-bond acceptors (Lipinski definition) is 4. The maximum Gasteiger partial charge on any atom is 0.244 e. The molecule has 2 aromatic rings. The number of H-pyrrole nitrogens is 1. The first-order valence-electron chi connectivity index (χ1n) is 5.60. The summed E-state index contributed by atoms with van der Waals surface area (Å²) in [6, 6.07) is 4.63. The van der Waals surface area contributed by atoms with E-state index >= 15 is 0 Å². The van der Waals surface area contributed by atoms with Gasteiger partial charge in [0, 0.05) is 11.5 Å². The van der Waals surface area contributed by atoms with Gasteiger partial charge in [-0.15, -0.1) is 0 Å². The molecule has 9 heteroatoms. The standard InChI is InChI=1S/C11H12BrClN4O2S/c1-7-14-11(16-15-7)6-17(2)20(18,19)10-4-3-8(12)5-9(10)13/h3-5H,6H2,1-2H3,(H,14,15,16). The van der Waals surface area contributed by atoms with Crippen LogP contribution in [0.5, 0.6) is 0 Å². The fraction of sp³-hybridized carbons (Fsp3) is 0.273. The van der Waals surface area contributed by atoms with Crippen LogP contribution in [0.25, 0.3) is 0 Å². The number of benzene rings is 1. The molecule has 0 saturated carbocycles. The molecule has 0 bridgehead atoms. The van der Waals surface area contributed by atoms with Crippen molar-refractivity contribution in [1.82, 2.24) is 19.5 Å². The van der Waals surface area contributed by atoms with Gasteiger partial charge in [0.1, 0.15) is 10.7 Å². The van der Waals surface area contributed by atoms with Crippen molar-refractivity contribution in [3.63, 3.8) is 0 Å². The summed E-state index contributed by atoms with van der Waals surface area (Å²) in [6.07, 6.45) is 0. The van der Waals surface area contributed by atoms with Gasteiger partial charge in [0.25, 0.3) is 0 Å². The van der Waals surface area contributed by atoms with Crippen LogP contribution in [0.3, 0.4) is 0 Å². The predicted octanol–water partition coefficient (Wildman–Crippen LogP) is 2.35. The third-order valence-electron chi connectivity index (χ3n) is 2.59. The lowest BCUT2D eigenvalue weighted by molar-refractivity contribution is 0.457. The fourth-order valence-corrected chi connectivity index (χ4v) is 3.73. The second-order valence-electron chi connectivity index (χ2n) is 4.17. The smallest absolute Gasteiger partial charge is 0.244 e. The Hall–Kier alpha value is -0.960. The molecule has 0 amide bonds. The zero-order chi connectivity index (χ0) is 14.9. The molecule has 0 radical (unpaired) electrons. The van der Waals surface area contributed by atoms with E-state index in [1.54, 1.807) is 19.1 Å². The third-order valence-corrected chi connectivity index (χ3v) is 5.37. The van der Waals surface area contributed by atoms with E-state index in [0.29, 0.717) is 16.1 Å². The second kappa shape index (κ2) is 5.80. The Bertz CT molecular complexity index is 732. The van der Waals surface area contributed by atoms with E-state index in [1.807, 2.05) is 0 Å². The van der Waals surface area contributed by atoms with Crippen LogP contribution in [-0.2, 0) is 16.6 Å². The monoisotopic (exact) mass is 378 g/mol. The summed E-state index contributed by atoms with van der Waals surface area (Å²) in [6.45, 7) is 1.82. The molecule has 0 saturated heterocycles. The quantitative estimate of drug-likeness (QED) is 0.884. The number of nitrogens with one attached hydrogen (secondary N) is 1. The third kappa shape index (κ3) is 3.20. The average Bonchev–Trinajstić information content (AvgIpc) is 2.74. The summed E-state index contributed by atoms with van der Waals surface area (Å²) in [7, 11) is -2.23. The van der Waals surface area contributed by atoms with Crippen molar-refractivity contribution in [1.29, 1.82) is 0 Å².